The molecular formula is C18H23NO2. The van der Waals surface area contributed by atoms with Gasteiger partial charge in [0.15, 0.2) is 0 Å². The predicted octanol–water partition coefficient (Wildman–Crippen LogP) is 3.11. The van der Waals surface area contributed by atoms with Gasteiger partial charge in [-0.15, -0.1) is 0 Å². The Morgan fingerprint density at radius 1 is 1.05 bits per heavy atom. The Morgan fingerprint density at radius 2 is 1.81 bits per heavy atom. The van der Waals surface area contributed by atoms with Crippen molar-refractivity contribution in [2.75, 3.05) is 40.0 Å². The largest absolute Gasteiger partial charge is 0.496 e. The lowest BCUT2D eigenvalue weighted by molar-refractivity contribution is 0.0375. The number of ether oxygens (including phenoxy) is 2. The normalized spacial score (nSPS) is 16.2. The van der Waals surface area contributed by atoms with Gasteiger partial charge in [-0.1, -0.05) is 30.3 Å². The van der Waals surface area contributed by atoms with E-state index in [1.54, 1.807) is 7.11 Å². The van der Waals surface area contributed by atoms with Crippen LogP contribution >= 0.6 is 0 Å². The van der Waals surface area contributed by atoms with Crippen molar-refractivity contribution in [2.24, 2.45) is 0 Å². The molecule has 0 bridgehead atoms. The second-order valence-corrected chi connectivity index (χ2v) is 5.53. The third kappa shape index (κ3) is 3.36. The van der Waals surface area contributed by atoms with Crippen LogP contribution in [0.4, 0.5) is 0 Å². The quantitative estimate of drug-likeness (QED) is 0.842. The molecule has 1 aliphatic heterocycles. The van der Waals surface area contributed by atoms with E-state index in [0.29, 0.717) is 0 Å². The Kier molecular flexibility index (Phi) is 4.73. The van der Waals surface area contributed by atoms with Crippen molar-refractivity contribution >= 4 is 10.8 Å². The third-order valence-electron chi connectivity index (χ3n) is 4.22. The van der Waals surface area contributed by atoms with Crippen molar-refractivity contribution in [1.29, 1.82) is 0 Å². The number of hydrogen-bond donors (Lipinski definition) is 0. The fraction of sp³-hybridized carbons (Fsp3) is 0.444. The summed E-state index contributed by atoms with van der Waals surface area (Å²) in [4.78, 5) is 2.50. The number of rotatable bonds is 5. The summed E-state index contributed by atoms with van der Waals surface area (Å²) in [5, 5.41) is 2.53. The molecule has 0 amide bonds. The highest BCUT2D eigenvalue weighted by Gasteiger charge is 2.10. The summed E-state index contributed by atoms with van der Waals surface area (Å²) in [5.41, 5.74) is 1.42. The predicted molar refractivity (Wildman–Crippen MR) is 86.1 cm³/mol. The van der Waals surface area contributed by atoms with Gasteiger partial charge in [0.2, 0.25) is 0 Å². The first-order valence-corrected chi connectivity index (χ1v) is 7.73. The van der Waals surface area contributed by atoms with E-state index in [0.717, 1.165) is 45.0 Å². The maximum atomic E-state index is 5.46. The van der Waals surface area contributed by atoms with Crippen LogP contribution in [0.15, 0.2) is 36.4 Å². The van der Waals surface area contributed by atoms with E-state index >= 15 is 0 Å². The number of hydrogen-bond acceptors (Lipinski definition) is 3. The van der Waals surface area contributed by atoms with E-state index in [2.05, 4.69) is 41.3 Å². The number of aryl methyl sites for hydroxylation is 1. The molecule has 2 aromatic carbocycles. The lowest BCUT2D eigenvalue weighted by Gasteiger charge is -2.26. The second-order valence-electron chi connectivity index (χ2n) is 5.53. The number of fused-ring (bicyclic) bond motifs is 1. The molecule has 1 fully saturated rings. The zero-order chi connectivity index (χ0) is 14.5. The van der Waals surface area contributed by atoms with Gasteiger partial charge in [-0.25, -0.2) is 0 Å². The van der Waals surface area contributed by atoms with Crippen LogP contribution in [0.3, 0.4) is 0 Å². The lowest BCUT2D eigenvalue weighted by atomic mass is 10.00. The molecule has 0 unspecified atom stereocenters. The zero-order valence-corrected chi connectivity index (χ0v) is 12.7. The van der Waals surface area contributed by atoms with Crippen molar-refractivity contribution < 1.29 is 9.47 Å². The van der Waals surface area contributed by atoms with E-state index < -0.39 is 0 Å². The van der Waals surface area contributed by atoms with E-state index in [1.807, 2.05) is 0 Å². The Bertz CT molecular complexity index is 591. The zero-order valence-electron chi connectivity index (χ0n) is 12.7. The van der Waals surface area contributed by atoms with E-state index in [1.165, 1.54) is 22.8 Å². The van der Waals surface area contributed by atoms with Crippen LogP contribution in [-0.2, 0) is 11.2 Å². The molecular weight excluding hydrogens is 262 g/mol. The molecule has 0 N–H and O–H groups in total. The summed E-state index contributed by atoms with van der Waals surface area (Å²) in [6.45, 7) is 5.06. The minimum atomic E-state index is 0.880. The van der Waals surface area contributed by atoms with Gasteiger partial charge in [0.05, 0.1) is 20.3 Å². The molecule has 0 aromatic heterocycles. The van der Waals surface area contributed by atoms with Crippen molar-refractivity contribution in [3.05, 3.63) is 42.0 Å². The molecule has 112 valence electrons. The summed E-state index contributed by atoms with van der Waals surface area (Å²) >= 11 is 0. The molecule has 0 spiro atoms. The SMILES string of the molecule is COc1ccc(CCCN2CCOCC2)c2ccccc12. The molecule has 3 heteroatoms. The van der Waals surface area contributed by atoms with Gasteiger partial charge in [-0.2, -0.15) is 0 Å². The highest BCUT2D eigenvalue weighted by molar-refractivity contribution is 5.91. The third-order valence-corrected chi connectivity index (χ3v) is 4.22. The van der Waals surface area contributed by atoms with Gasteiger partial charge in [-0.3, -0.25) is 4.90 Å². The van der Waals surface area contributed by atoms with Gasteiger partial charge in [0.1, 0.15) is 5.75 Å². The molecule has 3 rings (SSSR count). The molecule has 2 aromatic rings. The molecule has 1 aliphatic rings. The molecule has 0 radical (unpaired) electrons. The summed E-state index contributed by atoms with van der Waals surface area (Å²) in [6.07, 6.45) is 2.30. The molecule has 0 aliphatic carbocycles. The highest BCUT2D eigenvalue weighted by atomic mass is 16.5. The fourth-order valence-corrected chi connectivity index (χ4v) is 3.05. The molecule has 0 saturated carbocycles. The van der Waals surface area contributed by atoms with Crippen LogP contribution in [0.25, 0.3) is 10.8 Å². The van der Waals surface area contributed by atoms with E-state index in [9.17, 15) is 0 Å². The van der Waals surface area contributed by atoms with Crippen LogP contribution in [0, 0.1) is 0 Å². The van der Waals surface area contributed by atoms with E-state index in [-0.39, 0.29) is 0 Å². The summed E-state index contributed by atoms with van der Waals surface area (Å²) in [5.74, 6) is 0.961. The monoisotopic (exact) mass is 285 g/mol. The van der Waals surface area contributed by atoms with Gasteiger partial charge >= 0.3 is 0 Å². The average Bonchev–Trinajstić information content (AvgIpc) is 2.56. The number of methoxy groups -OCH3 is 1. The Balaban J connectivity index is 1.69. The van der Waals surface area contributed by atoms with Crippen molar-refractivity contribution in [2.45, 2.75) is 12.8 Å². The van der Waals surface area contributed by atoms with Crippen LogP contribution in [0.5, 0.6) is 5.75 Å². The average molecular weight is 285 g/mol. The van der Waals surface area contributed by atoms with Crippen LogP contribution < -0.4 is 4.74 Å². The molecule has 21 heavy (non-hydrogen) atoms. The maximum absolute atomic E-state index is 5.46. The Morgan fingerprint density at radius 3 is 2.57 bits per heavy atom. The summed E-state index contributed by atoms with van der Waals surface area (Å²) < 4.78 is 10.9. The first-order valence-electron chi connectivity index (χ1n) is 7.73. The molecule has 1 heterocycles. The number of nitrogens with zero attached hydrogens (tertiary/aromatic N) is 1. The molecule has 0 atom stereocenters. The van der Waals surface area contributed by atoms with E-state index in [4.69, 9.17) is 9.47 Å². The summed E-state index contributed by atoms with van der Waals surface area (Å²) in [7, 11) is 1.74. The van der Waals surface area contributed by atoms with Crippen molar-refractivity contribution in [1.82, 2.24) is 4.90 Å². The topological polar surface area (TPSA) is 21.7 Å². The molecule has 1 saturated heterocycles. The fourth-order valence-electron chi connectivity index (χ4n) is 3.05. The van der Waals surface area contributed by atoms with Crippen LogP contribution in [0.1, 0.15) is 12.0 Å². The minimum absolute atomic E-state index is 0.880. The van der Waals surface area contributed by atoms with Gasteiger partial charge < -0.3 is 9.47 Å². The first-order chi connectivity index (χ1) is 10.4. The number of morpholine rings is 1. The maximum Gasteiger partial charge on any atom is 0.126 e. The van der Waals surface area contributed by atoms with Gasteiger partial charge in [-0.05, 0) is 36.4 Å². The second kappa shape index (κ2) is 6.92. The van der Waals surface area contributed by atoms with Crippen LogP contribution in [-0.4, -0.2) is 44.9 Å². The minimum Gasteiger partial charge on any atom is -0.496 e. The first kappa shape index (κ1) is 14.4. The standard InChI is InChI=1S/C18H23NO2/c1-20-18-9-8-15(16-6-2-3-7-17(16)18)5-4-10-19-11-13-21-14-12-19/h2-3,6-9H,4-5,10-14H2,1H3. The number of benzene rings is 2. The van der Waals surface area contributed by atoms with Gasteiger partial charge in [0.25, 0.3) is 0 Å². The van der Waals surface area contributed by atoms with Crippen molar-refractivity contribution in [3.8, 4) is 5.75 Å². The highest BCUT2D eigenvalue weighted by Crippen LogP contribution is 2.28. The van der Waals surface area contributed by atoms with Gasteiger partial charge in [0, 0.05) is 18.5 Å². The Hall–Kier alpha value is -1.58. The lowest BCUT2D eigenvalue weighted by Crippen LogP contribution is -2.36. The van der Waals surface area contributed by atoms with Crippen molar-refractivity contribution in [3.63, 3.8) is 0 Å². The summed E-state index contributed by atoms with van der Waals surface area (Å²) in [6, 6.07) is 12.8. The molecule has 3 nitrogen and oxygen atoms in total. The smallest absolute Gasteiger partial charge is 0.126 e. The van der Waals surface area contributed by atoms with Crippen LogP contribution in [0.2, 0.25) is 0 Å². The Labute approximate surface area is 126 Å².